The number of ether oxygens (including phenoxy) is 1. The standard InChI is InChI=1S/C9H11N5O/c1-10-8-5-7(3-4-11-8)15-9-12-6-14(2)13-9/h3-6H,1-2H3,(H,10,11). The van der Waals surface area contributed by atoms with Crippen molar-refractivity contribution in [1.29, 1.82) is 0 Å². The van der Waals surface area contributed by atoms with Crippen molar-refractivity contribution in [2.24, 2.45) is 7.05 Å². The Morgan fingerprint density at radius 3 is 2.93 bits per heavy atom. The van der Waals surface area contributed by atoms with Crippen LogP contribution in [0.3, 0.4) is 0 Å². The van der Waals surface area contributed by atoms with Gasteiger partial charge in [0.15, 0.2) is 0 Å². The molecule has 0 amide bonds. The molecule has 78 valence electrons. The van der Waals surface area contributed by atoms with Gasteiger partial charge in [-0.15, -0.1) is 5.10 Å². The number of nitrogens with zero attached hydrogens (tertiary/aromatic N) is 4. The lowest BCUT2D eigenvalue weighted by molar-refractivity contribution is 0.438. The molecule has 0 atom stereocenters. The molecule has 2 aromatic heterocycles. The average molecular weight is 205 g/mol. The molecular formula is C9H11N5O. The molecule has 0 aliphatic heterocycles. The van der Waals surface area contributed by atoms with Crippen LogP contribution in [0.25, 0.3) is 0 Å². The van der Waals surface area contributed by atoms with E-state index in [1.807, 2.05) is 0 Å². The molecule has 0 fully saturated rings. The second-order valence-corrected chi connectivity index (χ2v) is 2.93. The summed E-state index contributed by atoms with van der Waals surface area (Å²) in [6.45, 7) is 0. The monoisotopic (exact) mass is 205 g/mol. The molecule has 0 aliphatic rings. The van der Waals surface area contributed by atoms with Crippen LogP contribution in [0.4, 0.5) is 5.82 Å². The summed E-state index contributed by atoms with van der Waals surface area (Å²) in [6, 6.07) is 3.85. The zero-order chi connectivity index (χ0) is 10.7. The van der Waals surface area contributed by atoms with E-state index in [-0.39, 0.29) is 0 Å². The van der Waals surface area contributed by atoms with Gasteiger partial charge in [0.2, 0.25) is 0 Å². The van der Waals surface area contributed by atoms with Crippen LogP contribution in [0.5, 0.6) is 11.8 Å². The Labute approximate surface area is 86.9 Å². The Balaban J connectivity index is 2.16. The second-order valence-electron chi connectivity index (χ2n) is 2.93. The SMILES string of the molecule is CNc1cc(Oc2ncn(C)n2)ccn1. The first kappa shape index (κ1) is 9.45. The number of aromatic nitrogens is 4. The lowest BCUT2D eigenvalue weighted by atomic mass is 10.4. The van der Waals surface area contributed by atoms with Gasteiger partial charge < -0.3 is 10.1 Å². The van der Waals surface area contributed by atoms with E-state index in [1.165, 1.54) is 0 Å². The lowest BCUT2D eigenvalue weighted by Crippen LogP contribution is -1.93. The molecule has 2 heterocycles. The van der Waals surface area contributed by atoms with Crippen molar-refractivity contribution in [1.82, 2.24) is 19.7 Å². The van der Waals surface area contributed by atoms with Gasteiger partial charge in [0.25, 0.3) is 0 Å². The van der Waals surface area contributed by atoms with Crippen LogP contribution < -0.4 is 10.1 Å². The molecule has 0 unspecified atom stereocenters. The molecule has 0 aromatic carbocycles. The van der Waals surface area contributed by atoms with E-state index >= 15 is 0 Å². The van der Waals surface area contributed by atoms with Crippen LogP contribution in [-0.4, -0.2) is 26.8 Å². The maximum atomic E-state index is 5.42. The summed E-state index contributed by atoms with van der Waals surface area (Å²) < 4.78 is 7.00. The number of hydrogen-bond acceptors (Lipinski definition) is 5. The van der Waals surface area contributed by atoms with Gasteiger partial charge in [0, 0.05) is 26.4 Å². The van der Waals surface area contributed by atoms with E-state index in [0.29, 0.717) is 11.8 Å². The highest BCUT2D eigenvalue weighted by molar-refractivity contribution is 5.40. The van der Waals surface area contributed by atoms with E-state index in [1.54, 1.807) is 43.4 Å². The number of anilines is 1. The minimum absolute atomic E-state index is 0.325. The van der Waals surface area contributed by atoms with Crippen molar-refractivity contribution >= 4 is 5.82 Å². The topological polar surface area (TPSA) is 64.9 Å². The second kappa shape index (κ2) is 3.95. The molecule has 1 N–H and O–H groups in total. The van der Waals surface area contributed by atoms with Gasteiger partial charge in [-0.2, -0.15) is 4.98 Å². The first-order valence-corrected chi connectivity index (χ1v) is 4.45. The number of hydrogen-bond donors (Lipinski definition) is 1. The van der Waals surface area contributed by atoms with Crippen molar-refractivity contribution in [3.8, 4) is 11.8 Å². The highest BCUT2D eigenvalue weighted by Gasteiger charge is 2.02. The number of nitrogens with one attached hydrogen (secondary N) is 1. The van der Waals surface area contributed by atoms with Gasteiger partial charge >= 0.3 is 6.01 Å². The fraction of sp³-hybridized carbons (Fsp3) is 0.222. The molecule has 15 heavy (non-hydrogen) atoms. The van der Waals surface area contributed by atoms with Crippen LogP contribution in [0.2, 0.25) is 0 Å². The van der Waals surface area contributed by atoms with E-state index < -0.39 is 0 Å². The van der Waals surface area contributed by atoms with Gasteiger partial charge in [0.05, 0.1) is 0 Å². The summed E-state index contributed by atoms with van der Waals surface area (Å²) in [4.78, 5) is 8.02. The summed E-state index contributed by atoms with van der Waals surface area (Å²) in [5.74, 6) is 1.39. The van der Waals surface area contributed by atoms with Crippen molar-refractivity contribution in [3.63, 3.8) is 0 Å². The van der Waals surface area contributed by atoms with Crippen LogP contribution >= 0.6 is 0 Å². The Morgan fingerprint density at radius 1 is 1.40 bits per heavy atom. The fourth-order valence-electron chi connectivity index (χ4n) is 1.08. The summed E-state index contributed by atoms with van der Waals surface area (Å²) in [5, 5.41) is 6.93. The maximum absolute atomic E-state index is 5.42. The van der Waals surface area contributed by atoms with Crippen molar-refractivity contribution < 1.29 is 4.74 Å². The zero-order valence-corrected chi connectivity index (χ0v) is 8.51. The Morgan fingerprint density at radius 2 is 2.27 bits per heavy atom. The number of pyridine rings is 1. The van der Waals surface area contributed by atoms with E-state index in [0.717, 1.165) is 5.82 Å². The Kier molecular flexibility index (Phi) is 2.49. The predicted octanol–water partition coefficient (Wildman–Crippen LogP) is 1.04. The summed E-state index contributed by atoms with van der Waals surface area (Å²) in [7, 11) is 3.58. The van der Waals surface area contributed by atoms with Gasteiger partial charge in [-0.05, 0) is 6.07 Å². The zero-order valence-electron chi connectivity index (χ0n) is 8.51. The highest BCUT2D eigenvalue weighted by Crippen LogP contribution is 2.18. The summed E-state index contributed by atoms with van der Waals surface area (Å²) in [5.41, 5.74) is 0. The van der Waals surface area contributed by atoms with E-state index in [2.05, 4.69) is 20.4 Å². The molecule has 0 saturated heterocycles. The summed E-state index contributed by atoms with van der Waals surface area (Å²) in [6.07, 6.45) is 3.24. The lowest BCUT2D eigenvalue weighted by Gasteiger charge is -2.02. The smallest absolute Gasteiger partial charge is 0.340 e. The largest absolute Gasteiger partial charge is 0.423 e. The van der Waals surface area contributed by atoms with Gasteiger partial charge in [0.1, 0.15) is 17.9 Å². The molecule has 0 spiro atoms. The van der Waals surface area contributed by atoms with E-state index in [9.17, 15) is 0 Å². The molecule has 2 aromatic rings. The number of rotatable bonds is 3. The third-order valence-corrected chi connectivity index (χ3v) is 1.78. The molecule has 0 bridgehead atoms. The van der Waals surface area contributed by atoms with E-state index in [4.69, 9.17) is 4.74 Å². The third kappa shape index (κ3) is 2.22. The van der Waals surface area contributed by atoms with Crippen LogP contribution in [-0.2, 0) is 7.05 Å². The third-order valence-electron chi connectivity index (χ3n) is 1.78. The molecule has 0 saturated carbocycles. The summed E-state index contributed by atoms with van der Waals surface area (Å²) >= 11 is 0. The average Bonchev–Trinajstić information content (AvgIpc) is 2.64. The number of aryl methyl sites for hydroxylation is 1. The van der Waals surface area contributed by atoms with Crippen LogP contribution in [0.15, 0.2) is 24.7 Å². The quantitative estimate of drug-likeness (QED) is 0.811. The molecule has 2 rings (SSSR count). The Hall–Kier alpha value is -2.11. The maximum Gasteiger partial charge on any atom is 0.340 e. The first-order chi connectivity index (χ1) is 7.28. The normalized spacial score (nSPS) is 10.0. The van der Waals surface area contributed by atoms with Crippen molar-refractivity contribution in [2.45, 2.75) is 0 Å². The first-order valence-electron chi connectivity index (χ1n) is 4.45. The molecule has 6 heteroatoms. The minimum atomic E-state index is 0.325. The van der Waals surface area contributed by atoms with Gasteiger partial charge in [-0.1, -0.05) is 0 Å². The molecular weight excluding hydrogens is 194 g/mol. The van der Waals surface area contributed by atoms with Gasteiger partial charge in [-0.3, -0.25) is 4.68 Å². The molecule has 0 radical (unpaired) electrons. The Bertz CT molecular complexity index is 453. The highest BCUT2D eigenvalue weighted by atomic mass is 16.5. The van der Waals surface area contributed by atoms with Crippen molar-refractivity contribution in [2.75, 3.05) is 12.4 Å². The molecule has 0 aliphatic carbocycles. The van der Waals surface area contributed by atoms with Crippen LogP contribution in [0, 0.1) is 0 Å². The predicted molar refractivity (Wildman–Crippen MR) is 54.9 cm³/mol. The minimum Gasteiger partial charge on any atom is -0.423 e. The fourth-order valence-corrected chi connectivity index (χ4v) is 1.08. The molecule has 6 nitrogen and oxygen atoms in total. The van der Waals surface area contributed by atoms with Crippen LogP contribution in [0.1, 0.15) is 0 Å². The van der Waals surface area contributed by atoms with Crippen molar-refractivity contribution in [3.05, 3.63) is 24.7 Å². The van der Waals surface area contributed by atoms with Gasteiger partial charge in [-0.25, -0.2) is 4.98 Å².